The molecular formula is C28H26N2O5. The number of rotatable bonds is 7. The van der Waals surface area contributed by atoms with E-state index in [1.165, 1.54) is 0 Å². The molecule has 5 rings (SSSR count). The van der Waals surface area contributed by atoms with Gasteiger partial charge in [-0.05, 0) is 53.6 Å². The van der Waals surface area contributed by atoms with Crippen molar-refractivity contribution in [3.8, 4) is 11.1 Å². The highest BCUT2D eigenvalue weighted by Crippen LogP contribution is 2.44. The fourth-order valence-corrected chi connectivity index (χ4v) is 4.79. The first kappa shape index (κ1) is 22.7. The predicted molar refractivity (Wildman–Crippen MR) is 131 cm³/mol. The number of carboxylic acid groups (broad SMARTS) is 1. The lowest BCUT2D eigenvalue weighted by atomic mass is 9.98. The van der Waals surface area contributed by atoms with Crippen LogP contribution in [0.1, 0.15) is 39.4 Å². The van der Waals surface area contributed by atoms with Crippen LogP contribution < -0.4 is 10.6 Å². The van der Waals surface area contributed by atoms with Crippen LogP contribution in [-0.4, -0.2) is 36.2 Å². The Morgan fingerprint density at radius 2 is 1.63 bits per heavy atom. The average Bonchev–Trinajstić information content (AvgIpc) is 3.58. The van der Waals surface area contributed by atoms with Crippen molar-refractivity contribution in [3.05, 3.63) is 89.0 Å². The Morgan fingerprint density at radius 3 is 2.26 bits per heavy atom. The van der Waals surface area contributed by atoms with Gasteiger partial charge in [-0.1, -0.05) is 60.2 Å². The van der Waals surface area contributed by atoms with Crippen LogP contribution in [-0.2, 0) is 9.53 Å². The number of ether oxygens (including phenoxy) is 1. The molecule has 3 aromatic rings. The summed E-state index contributed by atoms with van der Waals surface area (Å²) >= 11 is 0. The van der Waals surface area contributed by atoms with E-state index in [1.54, 1.807) is 18.2 Å². The van der Waals surface area contributed by atoms with Crippen molar-refractivity contribution < 1.29 is 24.2 Å². The number of hydrogen-bond acceptors (Lipinski definition) is 4. The summed E-state index contributed by atoms with van der Waals surface area (Å²) in [5.41, 5.74) is 6.06. The second-order valence-corrected chi connectivity index (χ2v) is 9.15. The van der Waals surface area contributed by atoms with E-state index in [0.29, 0.717) is 17.7 Å². The lowest BCUT2D eigenvalue weighted by Gasteiger charge is -2.16. The first-order chi connectivity index (χ1) is 16.9. The number of amides is 2. The van der Waals surface area contributed by atoms with Gasteiger partial charge in [0, 0.05) is 12.5 Å². The highest BCUT2D eigenvalue weighted by atomic mass is 16.5. The van der Waals surface area contributed by atoms with E-state index in [-0.39, 0.29) is 30.9 Å². The van der Waals surface area contributed by atoms with Crippen LogP contribution in [0.3, 0.4) is 0 Å². The lowest BCUT2D eigenvalue weighted by Crippen LogP contribution is -2.28. The second-order valence-electron chi connectivity index (χ2n) is 9.15. The summed E-state index contributed by atoms with van der Waals surface area (Å²) < 4.78 is 5.61. The molecule has 2 amide bonds. The number of carbonyl (C=O) groups is 3. The molecule has 7 heteroatoms. The van der Waals surface area contributed by atoms with Gasteiger partial charge in [0.1, 0.15) is 6.61 Å². The summed E-state index contributed by atoms with van der Waals surface area (Å²) in [6.07, 6.45) is -0.0771. The maximum absolute atomic E-state index is 12.8. The standard InChI is InChI=1S/C28H26N2O5/c1-16-10-11-25(23(12-16)26(31)29-14-17-13-22(17)27(32)33)30-28(34)35-15-24-20-8-4-2-6-18(20)19-7-3-5-9-21(19)24/h2-12,17,22,24H,13-15H2,1H3,(H,29,31)(H,30,34)(H,32,33)/t17-,22-/m1/s1. The second kappa shape index (κ2) is 9.25. The summed E-state index contributed by atoms with van der Waals surface area (Å²) in [6.45, 7) is 2.31. The molecule has 0 saturated heterocycles. The third-order valence-corrected chi connectivity index (χ3v) is 6.76. The van der Waals surface area contributed by atoms with Crippen molar-refractivity contribution in [2.24, 2.45) is 11.8 Å². The molecular weight excluding hydrogens is 444 g/mol. The lowest BCUT2D eigenvalue weighted by molar-refractivity contribution is -0.138. The number of anilines is 1. The van der Waals surface area contributed by atoms with Gasteiger partial charge in [0.15, 0.2) is 0 Å². The molecule has 0 unspecified atom stereocenters. The minimum Gasteiger partial charge on any atom is -0.481 e. The van der Waals surface area contributed by atoms with E-state index in [0.717, 1.165) is 27.8 Å². The predicted octanol–water partition coefficient (Wildman–Crippen LogP) is 4.81. The Labute approximate surface area is 203 Å². The van der Waals surface area contributed by atoms with E-state index in [4.69, 9.17) is 9.84 Å². The molecule has 1 saturated carbocycles. The van der Waals surface area contributed by atoms with Gasteiger partial charge in [-0.2, -0.15) is 0 Å². The highest BCUT2D eigenvalue weighted by molar-refractivity contribution is 6.03. The third kappa shape index (κ3) is 4.62. The molecule has 0 aromatic heterocycles. The largest absolute Gasteiger partial charge is 0.481 e. The topological polar surface area (TPSA) is 105 Å². The molecule has 2 aliphatic rings. The smallest absolute Gasteiger partial charge is 0.411 e. The molecule has 0 heterocycles. The van der Waals surface area contributed by atoms with Crippen LogP contribution in [0.4, 0.5) is 10.5 Å². The molecule has 0 bridgehead atoms. The minimum atomic E-state index is -0.836. The van der Waals surface area contributed by atoms with Gasteiger partial charge in [0.05, 0.1) is 17.2 Å². The van der Waals surface area contributed by atoms with Crippen LogP contribution >= 0.6 is 0 Å². The van der Waals surface area contributed by atoms with E-state index < -0.39 is 18.0 Å². The molecule has 2 atom stereocenters. The van der Waals surface area contributed by atoms with Crippen molar-refractivity contribution in [1.29, 1.82) is 0 Å². The van der Waals surface area contributed by atoms with Crippen LogP contribution in [0, 0.1) is 18.8 Å². The van der Waals surface area contributed by atoms with Crippen molar-refractivity contribution >= 4 is 23.7 Å². The Morgan fingerprint density at radius 1 is 0.971 bits per heavy atom. The molecule has 2 aliphatic carbocycles. The van der Waals surface area contributed by atoms with Gasteiger partial charge in [0.2, 0.25) is 0 Å². The van der Waals surface area contributed by atoms with Crippen LogP contribution in [0.15, 0.2) is 66.7 Å². The molecule has 35 heavy (non-hydrogen) atoms. The molecule has 7 nitrogen and oxygen atoms in total. The number of carboxylic acids is 1. The fraction of sp³-hybridized carbons (Fsp3) is 0.250. The molecule has 3 aromatic carbocycles. The number of benzene rings is 3. The summed E-state index contributed by atoms with van der Waals surface area (Å²) in [4.78, 5) is 36.5. The van der Waals surface area contributed by atoms with Crippen molar-refractivity contribution in [1.82, 2.24) is 5.32 Å². The number of aryl methyl sites for hydroxylation is 1. The van der Waals surface area contributed by atoms with Gasteiger partial charge < -0.3 is 15.2 Å². The SMILES string of the molecule is Cc1ccc(NC(=O)OCC2c3ccccc3-c3ccccc32)c(C(=O)NC[C@H]2C[C@H]2C(=O)O)c1. The Kier molecular flexibility index (Phi) is 5.99. The van der Waals surface area contributed by atoms with Gasteiger partial charge in [-0.15, -0.1) is 0 Å². The number of aliphatic carboxylic acids is 1. The van der Waals surface area contributed by atoms with E-state index in [1.807, 2.05) is 31.2 Å². The van der Waals surface area contributed by atoms with Crippen molar-refractivity contribution in [2.45, 2.75) is 19.3 Å². The Balaban J connectivity index is 1.25. The zero-order valence-electron chi connectivity index (χ0n) is 19.3. The van der Waals surface area contributed by atoms with Gasteiger partial charge in [0.25, 0.3) is 5.91 Å². The summed E-state index contributed by atoms with van der Waals surface area (Å²) in [5.74, 6) is -1.71. The zero-order valence-corrected chi connectivity index (χ0v) is 19.3. The maximum atomic E-state index is 12.8. The van der Waals surface area contributed by atoms with Crippen molar-refractivity contribution in [3.63, 3.8) is 0 Å². The van der Waals surface area contributed by atoms with Gasteiger partial charge in [-0.3, -0.25) is 14.9 Å². The minimum absolute atomic E-state index is 0.0557. The Hall–Kier alpha value is -4.13. The molecule has 0 radical (unpaired) electrons. The summed E-state index contributed by atoms with van der Waals surface area (Å²) in [7, 11) is 0. The molecule has 1 fully saturated rings. The summed E-state index contributed by atoms with van der Waals surface area (Å²) in [6, 6.07) is 21.4. The van der Waals surface area contributed by atoms with E-state index in [2.05, 4.69) is 34.9 Å². The highest BCUT2D eigenvalue weighted by Gasteiger charge is 2.43. The molecule has 178 valence electrons. The number of carbonyl (C=O) groups excluding carboxylic acids is 2. The Bertz CT molecular complexity index is 1270. The third-order valence-electron chi connectivity index (χ3n) is 6.76. The molecule has 3 N–H and O–H groups in total. The number of nitrogens with one attached hydrogen (secondary N) is 2. The average molecular weight is 471 g/mol. The maximum Gasteiger partial charge on any atom is 0.411 e. The van der Waals surface area contributed by atoms with Crippen LogP contribution in [0.25, 0.3) is 11.1 Å². The van der Waals surface area contributed by atoms with Gasteiger partial charge >= 0.3 is 12.1 Å². The fourth-order valence-electron chi connectivity index (χ4n) is 4.79. The zero-order chi connectivity index (χ0) is 24.5. The van der Waals surface area contributed by atoms with Crippen LogP contribution in [0.2, 0.25) is 0 Å². The first-order valence-electron chi connectivity index (χ1n) is 11.7. The van der Waals surface area contributed by atoms with Crippen molar-refractivity contribution in [2.75, 3.05) is 18.5 Å². The van der Waals surface area contributed by atoms with E-state index in [9.17, 15) is 14.4 Å². The number of hydrogen-bond donors (Lipinski definition) is 3. The number of fused-ring (bicyclic) bond motifs is 3. The molecule has 0 spiro atoms. The summed E-state index contributed by atoms with van der Waals surface area (Å²) in [5, 5.41) is 14.5. The van der Waals surface area contributed by atoms with E-state index >= 15 is 0 Å². The van der Waals surface area contributed by atoms with Gasteiger partial charge in [-0.25, -0.2) is 4.79 Å². The normalized spacial score (nSPS) is 17.7. The quantitative estimate of drug-likeness (QED) is 0.460. The van der Waals surface area contributed by atoms with Crippen LogP contribution in [0.5, 0.6) is 0 Å². The first-order valence-corrected chi connectivity index (χ1v) is 11.7. The monoisotopic (exact) mass is 470 g/mol. The molecule has 0 aliphatic heterocycles.